The van der Waals surface area contributed by atoms with Gasteiger partial charge in [0, 0.05) is 6.54 Å². The van der Waals surface area contributed by atoms with Crippen molar-refractivity contribution in [3.63, 3.8) is 0 Å². The Morgan fingerprint density at radius 2 is 2.20 bits per heavy atom. The molecule has 1 amide bonds. The molecule has 86 valence electrons. The van der Waals surface area contributed by atoms with Crippen LogP contribution in [0, 0.1) is 5.92 Å². The van der Waals surface area contributed by atoms with Gasteiger partial charge in [-0.2, -0.15) is 0 Å². The van der Waals surface area contributed by atoms with Gasteiger partial charge in [-0.05, 0) is 31.8 Å². The highest BCUT2D eigenvalue weighted by molar-refractivity contribution is 5.70. The smallest absolute Gasteiger partial charge is 0.410 e. The van der Waals surface area contributed by atoms with Crippen LogP contribution >= 0.6 is 0 Å². The summed E-state index contributed by atoms with van der Waals surface area (Å²) in [5.41, 5.74) is 0. The number of ether oxygens (including phenoxy) is 1. The van der Waals surface area contributed by atoms with E-state index in [1.54, 1.807) is 4.90 Å². The normalized spacial score (nSPS) is 28.2. The van der Waals surface area contributed by atoms with Crippen molar-refractivity contribution in [2.75, 3.05) is 32.8 Å². The van der Waals surface area contributed by atoms with Crippen molar-refractivity contribution in [1.82, 2.24) is 10.2 Å². The maximum Gasteiger partial charge on any atom is 0.410 e. The summed E-state index contributed by atoms with van der Waals surface area (Å²) in [6.07, 6.45) is 1.93. The minimum Gasteiger partial charge on any atom is -0.447 e. The molecule has 0 saturated carbocycles. The Labute approximate surface area is 89.4 Å². The molecule has 0 aliphatic carbocycles. The number of aliphatic hydroxyl groups excluding tert-OH is 1. The van der Waals surface area contributed by atoms with Crippen LogP contribution in [0.1, 0.15) is 12.8 Å². The second-order valence-corrected chi connectivity index (χ2v) is 4.26. The van der Waals surface area contributed by atoms with Crippen LogP contribution in [0.2, 0.25) is 0 Å². The van der Waals surface area contributed by atoms with Gasteiger partial charge in [0.1, 0.15) is 6.61 Å². The Kier molecular flexibility index (Phi) is 3.43. The number of hydrogen-bond acceptors (Lipinski definition) is 4. The molecule has 2 aliphatic rings. The molecule has 1 atom stereocenters. The van der Waals surface area contributed by atoms with E-state index < -0.39 is 0 Å². The lowest BCUT2D eigenvalue weighted by Crippen LogP contribution is -2.42. The topological polar surface area (TPSA) is 61.8 Å². The monoisotopic (exact) mass is 214 g/mol. The predicted molar refractivity (Wildman–Crippen MR) is 54.5 cm³/mol. The zero-order chi connectivity index (χ0) is 10.7. The molecule has 1 unspecified atom stereocenters. The number of cyclic esters (lactones) is 1. The molecule has 5 nitrogen and oxygen atoms in total. The van der Waals surface area contributed by atoms with Crippen molar-refractivity contribution >= 4 is 6.09 Å². The van der Waals surface area contributed by atoms with Gasteiger partial charge < -0.3 is 15.2 Å². The van der Waals surface area contributed by atoms with Crippen molar-refractivity contribution in [1.29, 1.82) is 0 Å². The van der Waals surface area contributed by atoms with Crippen LogP contribution in [-0.4, -0.2) is 55.0 Å². The quantitative estimate of drug-likeness (QED) is 0.683. The molecule has 5 heteroatoms. The van der Waals surface area contributed by atoms with Crippen LogP contribution < -0.4 is 5.32 Å². The lowest BCUT2D eigenvalue weighted by atomic mass is 9.97. The third kappa shape index (κ3) is 2.41. The van der Waals surface area contributed by atoms with Crippen molar-refractivity contribution in [3.8, 4) is 0 Å². The van der Waals surface area contributed by atoms with Crippen LogP contribution in [0.5, 0.6) is 0 Å². The molecule has 2 aliphatic heterocycles. The van der Waals surface area contributed by atoms with E-state index in [0.29, 0.717) is 12.5 Å². The zero-order valence-corrected chi connectivity index (χ0v) is 8.82. The number of nitrogens with zero attached hydrogens (tertiary/aromatic N) is 1. The molecular formula is C10H18N2O3. The van der Waals surface area contributed by atoms with Gasteiger partial charge in [-0.25, -0.2) is 4.79 Å². The average Bonchev–Trinajstić information content (AvgIpc) is 2.62. The van der Waals surface area contributed by atoms with E-state index in [1.165, 1.54) is 0 Å². The minimum absolute atomic E-state index is 0.00326. The molecule has 2 heterocycles. The van der Waals surface area contributed by atoms with Gasteiger partial charge in [-0.15, -0.1) is 0 Å². The molecule has 0 spiro atoms. The molecule has 2 saturated heterocycles. The van der Waals surface area contributed by atoms with Crippen molar-refractivity contribution in [2.45, 2.75) is 18.9 Å². The molecule has 2 N–H and O–H groups in total. The van der Waals surface area contributed by atoms with E-state index >= 15 is 0 Å². The second-order valence-electron chi connectivity index (χ2n) is 4.26. The SMILES string of the molecule is O=C1OCC(CO)N1CC1CCNCC1. The minimum atomic E-state index is -0.271. The van der Waals surface area contributed by atoms with E-state index in [2.05, 4.69) is 5.32 Å². The summed E-state index contributed by atoms with van der Waals surface area (Å²) in [7, 11) is 0. The number of amides is 1. The van der Waals surface area contributed by atoms with E-state index in [4.69, 9.17) is 9.84 Å². The van der Waals surface area contributed by atoms with Gasteiger partial charge >= 0.3 is 6.09 Å². The van der Waals surface area contributed by atoms with Crippen molar-refractivity contribution < 1.29 is 14.6 Å². The first-order chi connectivity index (χ1) is 7.31. The van der Waals surface area contributed by atoms with Crippen LogP contribution in [0.25, 0.3) is 0 Å². The summed E-state index contributed by atoms with van der Waals surface area (Å²) in [5, 5.41) is 12.4. The van der Waals surface area contributed by atoms with Gasteiger partial charge in [0.25, 0.3) is 0 Å². The first-order valence-electron chi connectivity index (χ1n) is 5.56. The number of hydrogen-bond donors (Lipinski definition) is 2. The zero-order valence-electron chi connectivity index (χ0n) is 8.82. The third-order valence-corrected chi connectivity index (χ3v) is 3.20. The first-order valence-corrected chi connectivity index (χ1v) is 5.56. The summed E-state index contributed by atoms with van der Waals surface area (Å²) < 4.78 is 4.92. The van der Waals surface area contributed by atoms with Crippen LogP contribution in [0.3, 0.4) is 0 Å². The molecule has 0 aromatic heterocycles. The summed E-state index contributed by atoms with van der Waals surface area (Å²) in [5.74, 6) is 0.547. The van der Waals surface area contributed by atoms with Crippen LogP contribution in [-0.2, 0) is 4.74 Å². The highest BCUT2D eigenvalue weighted by atomic mass is 16.6. The van der Waals surface area contributed by atoms with Gasteiger partial charge in [-0.1, -0.05) is 0 Å². The summed E-state index contributed by atoms with van der Waals surface area (Å²) in [6, 6.07) is -0.132. The number of aliphatic hydroxyl groups is 1. The Morgan fingerprint density at radius 3 is 2.87 bits per heavy atom. The maximum atomic E-state index is 11.4. The summed E-state index contributed by atoms with van der Waals surface area (Å²) in [4.78, 5) is 13.1. The van der Waals surface area contributed by atoms with E-state index in [-0.39, 0.29) is 18.7 Å². The fourth-order valence-corrected chi connectivity index (χ4v) is 2.21. The highest BCUT2D eigenvalue weighted by Gasteiger charge is 2.33. The standard InChI is InChI=1S/C10H18N2O3/c13-6-9-7-15-10(14)12(9)5-8-1-3-11-4-2-8/h8-9,11,13H,1-7H2. The molecule has 0 radical (unpaired) electrons. The molecule has 2 rings (SSSR count). The van der Waals surface area contributed by atoms with Crippen LogP contribution in [0.15, 0.2) is 0 Å². The van der Waals surface area contributed by atoms with Crippen molar-refractivity contribution in [3.05, 3.63) is 0 Å². The second kappa shape index (κ2) is 4.81. The Hall–Kier alpha value is -0.810. The fourth-order valence-electron chi connectivity index (χ4n) is 2.21. The number of rotatable bonds is 3. The van der Waals surface area contributed by atoms with E-state index in [0.717, 1.165) is 32.5 Å². The third-order valence-electron chi connectivity index (χ3n) is 3.20. The number of carbonyl (C=O) groups excluding carboxylic acids is 1. The van der Waals surface area contributed by atoms with E-state index in [9.17, 15) is 4.79 Å². The Balaban J connectivity index is 1.88. The average molecular weight is 214 g/mol. The molecule has 15 heavy (non-hydrogen) atoms. The van der Waals surface area contributed by atoms with Crippen molar-refractivity contribution in [2.24, 2.45) is 5.92 Å². The summed E-state index contributed by atoms with van der Waals surface area (Å²) >= 11 is 0. The lowest BCUT2D eigenvalue weighted by molar-refractivity contribution is 0.139. The molecule has 2 fully saturated rings. The Morgan fingerprint density at radius 1 is 1.47 bits per heavy atom. The summed E-state index contributed by atoms with van der Waals surface area (Å²) in [6.45, 7) is 3.11. The number of carbonyl (C=O) groups is 1. The van der Waals surface area contributed by atoms with Gasteiger partial charge in [0.05, 0.1) is 12.6 Å². The Bertz CT molecular complexity index is 229. The largest absolute Gasteiger partial charge is 0.447 e. The molecule has 0 aromatic rings. The molecule has 0 aromatic carbocycles. The highest BCUT2D eigenvalue weighted by Crippen LogP contribution is 2.19. The first kappa shape index (κ1) is 10.7. The van der Waals surface area contributed by atoms with Gasteiger partial charge in [0.2, 0.25) is 0 Å². The fraction of sp³-hybridized carbons (Fsp3) is 0.900. The number of piperidine rings is 1. The number of nitrogens with one attached hydrogen (secondary N) is 1. The van der Waals surface area contributed by atoms with Gasteiger partial charge in [-0.3, -0.25) is 4.90 Å². The predicted octanol–water partition coefficient (Wildman–Crippen LogP) is -0.201. The molecule has 0 bridgehead atoms. The van der Waals surface area contributed by atoms with Gasteiger partial charge in [0.15, 0.2) is 0 Å². The maximum absolute atomic E-state index is 11.4. The van der Waals surface area contributed by atoms with Crippen LogP contribution in [0.4, 0.5) is 4.79 Å². The van der Waals surface area contributed by atoms with E-state index in [1.807, 2.05) is 0 Å². The molecular weight excluding hydrogens is 196 g/mol. The lowest BCUT2D eigenvalue weighted by Gasteiger charge is -2.28.